The van der Waals surface area contributed by atoms with Crippen molar-refractivity contribution < 1.29 is 81.6 Å². The van der Waals surface area contributed by atoms with Crippen molar-refractivity contribution in [2.45, 2.75) is 223 Å². The lowest BCUT2D eigenvalue weighted by atomic mass is 9.85. The van der Waals surface area contributed by atoms with E-state index in [2.05, 4.69) is 79.1 Å². The first-order chi connectivity index (χ1) is 34.6. The molecule has 0 bridgehead atoms. The summed E-state index contributed by atoms with van der Waals surface area (Å²) in [6, 6.07) is 0. The topological polar surface area (TPSA) is 269 Å². The second-order valence-electron chi connectivity index (χ2n) is 18.2. The molecule has 10 atom stereocenters. The van der Waals surface area contributed by atoms with E-state index in [0.717, 1.165) is 70.6 Å². The van der Waals surface area contributed by atoms with E-state index in [1.54, 1.807) is 6.08 Å². The van der Waals surface area contributed by atoms with Crippen molar-refractivity contribution in [3.8, 4) is 0 Å². The minimum Gasteiger partial charge on any atom is -0.462 e. The maximum atomic E-state index is 13.0. The Hall–Kier alpha value is -2.86. The number of carbonyl (C=O) groups is 2. The van der Waals surface area contributed by atoms with E-state index in [-0.39, 0.29) is 12.8 Å². The number of aliphatic hydroxyl groups excluding tert-OH is 4. The molecule has 19 heteroatoms. The molecule has 0 spiro atoms. The number of phosphoric ester groups is 2. The minimum absolute atomic E-state index is 0.0893. The number of esters is 2. The van der Waals surface area contributed by atoms with Crippen LogP contribution in [0.15, 0.2) is 85.1 Å². The van der Waals surface area contributed by atoms with Crippen LogP contribution in [0.4, 0.5) is 0 Å². The lowest BCUT2D eigenvalue weighted by Crippen LogP contribution is -2.64. The van der Waals surface area contributed by atoms with E-state index in [4.69, 9.17) is 23.3 Å². The molecule has 2 fully saturated rings. The molecular weight excluding hydrogens is 971 g/mol. The molecule has 0 aromatic heterocycles. The molecule has 17 nitrogen and oxygen atoms in total. The van der Waals surface area contributed by atoms with E-state index < -0.39 is 83.5 Å². The lowest BCUT2D eigenvalue weighted by molar-refractivity contribution is -0.216. The van der Waals surface area contributed by atoms with Crippen LogP contribution in [0.2, 0.25) is 0 Å². The smallest absolute Gasteiger partial charge is 0.462 e. The van der Waals surface area contributed by atoms with E-state index in [1.807, 2.05) is 18.2 Å². The summed E-state index contributed by atoms with van der Waals surface area (Å²) in [5, 5.41) is 41.3. The number of allylic oxidation sites excluding steroid dienone is 12. The Labute approximate surface area is 429 Å². The van der Waals surface area contributed by atoms with Crippen molar-refractivity contribution >= 4 is 27.6 Å². The van der Waals surface area contributed by atoms with Crippen LogP contribution < -0.4 is 0 Å². The first kappa shape index (κ1) is 65.3. The molecule has 1 saturated heterocycles. The van der Waals surface area contributed by atoms with Gasteiger partial charge in [-0.05, 0) is 83.5 Å². The summed E-state index contributed by atoms with van der Waals surface area (Å²) < 4.78 is 55.1. The van der Waals surface area contributed by atoms with E-state index in [1.165, 1.54) is 51.4 Å². The van der Waals surface area contributed by atoms with Crippen LogP contribution in [0.25, 0.3) is 0 Å². The number of epoxide rings is 1. The summed E-state index contributed by atoms with van der Waals surface area (Å²) in [7, 11) is -10.7. The zero-order valence-electron chi connectivity index (χ0n) is 42.8. The predicted octanol–water partition coefficient (Wildman–Crippen LogP) is 9.94. The van der Waals surface area contributed by atoms with Crippen molar-refractivity contribution in [3.63, 3.8) is 0 Å². The quantitative estimate of drug-likeness (QED) is 0.00985. The van der Waals surface area contributed by atoms with Gasteiger partial charge in [0.05, 0.1) is 18.8 Å². The van der Waals surface area contributed by atoms with Gasteiger partial charge in [-0.2, -0.15) is 0 Å². The van der Waals surface area contributed by atoms with Gasteiger partial charge in [0.25, 0.3) is 0 Å². The molecule has 412 valence electrons. The van der Waals surface area contributed by atoms with Crippen molar-refractivity contribution in [1.82, 2.24) is 0 Å². The average molecular weight is 1060 g/mol. The second kappa shape index (κ2) is 39.5. The van der Waals surface area contributed by atoms with Crippen LogP contribution >= 0.6 is 15.6 Å². The molecule has 2 rings (SSSR count). The molecule has 7 N–H and O–H groups in total. The fourth-order valence-corrected chi connectivity index (χ4v) is 9.25. The molecule has 1 aliphatic carbocycles. The van der Waals surface area contributed by atoms with Gasteiger partial charge in [0, 0.05) is 12.8 Å². The van der Waals surface area contributed by atoms with Gasteiger partial charge in [-0.1, -0.05) is 157 Å². The van der Waals surface area contributed by atoms with Gasteiger partial charge >= 0.3 is 27.6 Å². The third kappa shape index (κ3) is 32.4. The number of aliphatic hydroxyl groups is 4. The van der Waals surface area contributed by atoms with Gasteiger partial charge in [0.15, 0.2) is 6.10 Å². The molecule has 1 heterocycles. The highest BCUT2D eigenvalue weighted by atomic mass is 31.2. The number of phosphoric acid groups is 2. The maximum Gasteiger partial charge on any atom is 0.472 e. The second-order valence-corrected chi connectivity index (χ2v) is 20.8. The predicted molar refractivity (Wildman–Crippen MR) is 277 cm³/mol. The Kier molecular flexibility index (Phi) is 35.8. The van der Waals surface area contributed by atoms with Gasteiger partial charge < -0.3 is 49.3 Å². The zero-order valence-corrected chi connectivity index (χ0v) is 44.6. The molecular formula is C53H88O17P2. The van der Waals surface area contributed by atoms with E-state index >= 15 is 0 Å². The Morgan fingerprint density at radius 2 is 0.986 bits per heavy atom. The first-order valence-corrected chi connectivity index (χ1v) is 29.3. The van der Waals surface area contributed by atoms with Crippen LogP contribution in [0.5, 0.6) is 0 Å². The summed E-state index contributed by atoms with van der Waals surface area (Å²) in [6.45, 7) is 2.91. The molecule has 0 amide bonds. The molecule has 0 aromatic carbocycles. The van der Waals surface area contributed by atoms with Crippen LogP contribution in [-0.4, -0.2) is 115 Å². The number of carbonyl (C=O) groups excluding carboxylic acids is 2. The molecule has 7 unspecified atom stereocenters. The third-order valence-corrected chi connectivity index (χ3v) is 13.4. The Morgan fingerprint density at radius 1 is 0.514 bits per heavy atom. The highest BCUT2D eigenvalue weighted by Crippen LogP contribution is 2.49. The zero-order chi connectivity index (χ0) is 52.9. The molecule has 0 radical (unpaired) electrons. The maximum absolute atomic E-state index is 13.0. The number of ether oxygens (including phenoxy) is 3. The SMILES string of the molecule is CC/C=C\CC1OC1C/C=C\C/C=C\C/C=C\C/C=C\CCC(=O)O[C@H](COC(=O)CCCCCCCCCCC/C=C\C/C=C\CCCCC)COP(=O)(O)O[C@H]1C(O)C(O)C(O)[C@@H](OP(=O)(O)O)C1O. The highest BCUT2D eigenvalue weighted by molar-refractivity contribution is 7.47. The monoisotopic (exact) mass is 1060 g/mol. The van der Waals surface area contributed by atoms with E-state index in [9.17, 15) is 53.8 Å². The van der Waals surface area contributed by atoms with Crippen LogP contribution in [-0.2, 0) is 46.5 Å². The molecule has 1 aliphatic heterocycles. The fourth-order valence-electron chi connectivity index (χ4n) is 7.71. The van der Waals surface area contributed by atoms with Gasteiger partial charge in [0.2, 0.25) is 0 Å². The summed E-state index contributed by atoms with van der Waals surface area (Å²) in [6.07, 6.45) is 37.2. The highest BCUT2D eigenvalue weighted by Gasteiger charge is 2.54. The van der Waals surface area contributed by atoms with Crippen LogP contribution in [0.1, 0.15) is 168 Å². The van der Waals surface area contributed by atoms with Crippen LogP contribution in [0, 0.1) is 0 Å². The van der Waals surface area contributed by atoms with Crippen molar-refractivity contribution in [3.05, 3.63) is 85.1 Å². The number of unbranched alkanes of at least 4 members (excludes halogenated alkanes) is 12. The van der Waals surface area contributed by atoms with E-state index in [0.29, 0.717) is 31.5 Å². The fraction of sp³-hybridized carbons (Fsp3) is 0.698. The number of hydrogen-bond acceptors (Lipinski definition) is 14. The van der Waals surface area contributed by atoms with Crippen molar-refractivity contribution in [1.29, 1.82) is 0 Å². The van der Waals surface area contributed by atoms with Gasteiger partial charge in [-0.15, -0.1) is 0 Å². The largest absolute Gasteiger partial charge is 0.472 e. The molecule has 1 saturated carbocycles. The summed E-state index contributed by atoms with van der Waals surface area (Å²) in [5.41, 5.74) is 0. The Bertz CT molecular complexity index is 1770. The van der Waals surface area contributed by atoms with Gasteiger partial charge in [-0.25, -0.2) is 9.13 Å². The van der Waals surface area contributed by atoms with Gasteiger partial charge in [0.1, 0.15) is 43.2 Å². The summed E-state index contributed by atoms with van der Waals surface area (Å²) in [4.78, 5) is 54.4. The van der Waals surface area contributed by atoms with Gasteiger partial charge in [-0.3, -0.25) is 23.2 Å². The Morgan fingerprint density at radius 3 is 1.53 bits per heavy atom. The van der Waals surface area contributed by atoms with Crippen molar-refractivity contribution in [2.75, 3.05) is 13.2 Å². The Balaban J connectivity index is 1.78. The lowest BCUT2D eigenvalue weighted by Gasteiger charge is -2.43. The van der Waals surface area contributed by atoms with Crippen LogP contribution in [0.3, 0.4) is 0 Å². The average Bonchev–Trinajstić information content (AvgIpc) is 4.10. The molecule has 0 aromatic rings. The molecule has 72 heavy (non-hydrogen) atoms. The summed E-state index contributed by atoms with van der Waals surface area (Å²) in [5.74, 6) is -1.32. The summed E-state index contributed by atoms with van der Waals surface area (Å²) >= 11 is 0. The third-order valence-electron chi connectivity index (χ3n) is 11.9. The standard InChI is InChI=1S/C53H88O17P2/c1-3-5-7-8-9-10-11-12-13-14-15-16-17-18-22-25-28-31-35-39-46(54)65-41-43(42-66-72(63,64)70-53-50(58)48(56)49(57)52(51(53)59)69-71(60,61)62)67-47(55)40-36-32-29-26-23-20-19-21-24-27-30-34-38-45-44(68-45)37-33-6-4-2/h6,9-10,12-13,20-21,23-24,29-30,32-34,43-45,48-53,56-59H,3-5,7-8,11,14-19,22,25-28,31,35-42H2,1-2H3,(H,63,64)(H2,60,61,62)/b10-9-,13-12-,23-20-,24-21-,32-29-,33-6-,34-30-/t43-,44?,45?,48?,49?,50?,51?,52-,53+/m1/s1. The number of hydrogen-bond donors (Lipinski definition) is 7. The number of rotatable bonds is 42. The van der Waals surface area contributed by atoms with Crippen molar-refractivity contribution in [2.24, 2.45) is 0 Å². The first-order valence-electron chi connectivity index (χ1n) is 26.3. The molecule has 2 aliphatic rings. The normalized spacial score (nSPS) is 24.2. The minimum atomic E-state index is -5.38.